The number of rotatable bonds is 1. The molecule has 2 saturated heterocycles. The summed E-state index contributed by atoms with van der Waals surface area (Å²) in [6, 6.07) is 3.99. The molecule has 1 N–H and O–H groups in total. The van der Waals surface area contributed by atoms with Crippen molar-refractivity contribution in [1.82, 2.24) is 29.2 Å². The highest BCUT2D eigenvalue weighted by Crippen LogP contribution is 2.34. The Kier molecular flexibility index (Phi) is 3.97. The van der Waals surface area contributed by atoms with Crippen LogP contribution >= 0.6 is 0 Å². The van der Waals surface area contributed by atoms with Crippen molar-refractivity contribution in [2.45, 2.75) is 38.1 Å². The molecule has 28 heavy (non-hydrogen) atoms. The van der Waals surface area contributed by atoms with Gasteiger partial charge >= 0.3 is 6.03 Å². The number of H-pyrrole nitrogens is 1. The van der Waals surface area contributed by atoms with Crippen LogP contribution in [-0.4, -0.2) is 60.9 Å². The summed E-state index contributed by atoms with van der Waals surface area (Å²) in [4.78, 5) is 29.1. The predicted octanol–water partition coefficient (Wildman–Crippen LogP) is 2.74. The molecule has 1 unspecified atom stereocenters. The molecule has 2 amide bonds. The lowest BCUT2D eigenvalue weighted by Crippen LogP contribution is -2.50. The van der Waals surface area contributed by atoms with E-state index in [0.717, 1.165) is 48.3 Å². The zero-order chi connectivity index (χ0) is 19.3. The minimum Gasteiger partial charge on any atom is -0.345 e. The molecule has 3 aromatic heterocycles. The van der Waals surface area contributed by atoms with Gasteiger partial charge in [0.2, 0.25) is 0 Å². The van der Waals surface area contributed by atoms with Crippen molar-refractivity contribution in [3.05, 3.63) is 30.5 Å². The van der Waals surface area contributed by atoms with Gasteiger partial charge in [-0.1, -0.05) is 6.92 Å². The van der Waals surface area contributed by atoms with Crippen LogP contribution in [0.2, 0.25) is 0 Å². The van der Waals surface area contributed by atoms with E-state index in [1.807, 2.05) is 29.6 Å². The third-order valence-corrected chi connectivity index (χ3v) is 6.30. The van der Waals surface area contributed by atoms with Crippen LogP contribution < -0.4 is 0 Å². The van der Waals surface area contributed by atoms with E-state index in [1.54, 1.807) is 4.90 Å². The van der Waals surface area contributed by atoms with Crippen LogP contribution in [0.3, 0.4) is 0 Å². The minimum atomic E-state index is -0.289. The number of urea groups is 1. The van der Waals surface area contributed by atoms with Gasteiger partial charge < -0.3 is 14.8 Å². The van der Waals surface area contributed by atoms with E-state index in [0.29, 0.717) is 19.0 Å². The predicted molar refractivity (Wildman–Crippen MR) is 104 cm³/mol. The SMILES string of the molecule is C[C@@H]1CCN(C(=O)N2CCCC2C#N)C[C@@H]1c1ncc2cnc3[nH]ccc3n12. The molecular formula is C20H23N7O. The van der Waals surface area contributed by atoms with Crippen LogP contribution in [0.15, 0.2) is 24.7 Å². The lowest BCUT2D eigenvalue weighted by Gasteiger charge is -2.38. The van der Waals surface area contributed by atoms with Crippen LogP contribution in [0.5, 0.6) is 0 Å². The molecule has 0 radical (unpaired) electrons. The Morgan fingerprint density at radius 1 is 1.29 bits per heavy atom. The third kappa shape index (κ3) is 2.53. The number of nitrogens with zero attached hydrogens (tertiary/aromatic N) is 6. The van der Waals surface area contributed by atoms with Crippen molar-refractivity contribution in [1.29, 1.82) is 5.26 Å². The molecule has 0 saturated carbocycles. The van der Waals surface area contributed by atoms with Crippen molar-refractivity contribution in [3.8, 4) is 6.07 Å². The fourth-order valence-corrected chi connectivity index (χ4v) is 4.65. The maximum atomic E-state index is 13.1. The van der Waals surface area contributed by atoms with E-state index in [1.165, 1.54) is 0 Å². The van der Waals surface area contributed by atoms with Gasteiger partial charge in [-0.05, 0) is 31.2 Å². The van der Waals surface area contributed by atoms with E-state index < -0.39 is 0 Å². The van der Waals surface area contributed by atoms with Crippen LogP contribution in [0.25, 0.3) is 16.7 Å². The Morgan fingerprint density at radius 3 is 3.00 bits per heavy atom. The maximum absolute atomic E-state index is 13.1. The molecule has 2 aliphatic rings. The summed E-state index contributed by atoms with van der Waals surface area (Å²) in [5, 5.41) is 9.34. The fourth-order valence-electron chi connectivity index (χ4n) is 4.65. The van der Waals surface area contributed by atoms with E-state index >= 15 is 0 Å². The van der Waals surface area contributed by atoms with Crippen LogP contribution in [-0.2, 0) is 0 Å². The summed E-state index contributed by atoms with van der Waals surface area (Å²) in [7, 11) is 0. The molecule has 5 rings (SSSR count). The Hall–Kier alpha value is -3.08. The number of amides is 2. The molecule has 0 spiro atoms. The molecule has 3 aromatic rings. The number of carbonyl (C=O) groups excluding carboxylic acids is 1. The van der Waals surface area contributed by atoms with E-state index in [4.69, 9.17) is 4.98 Å². The normalized spacial score (nSPS) is 25.5. The van der Waals surface area contributed by atoms with Gasteiger partial charge in [0.25, 0.3) is 0 Å². The number of fused-ring (bicyclic) bond motifs is 3. The number of aromatic nitrogens is 4. The van der Waals surface area contributed by atoms with Crippen LogP contribution in [0.4, 0.5) is 4.79 Å². The number of piperidine rings is 1. The second kappa shape index (κ2) is 6.51. The van der Waals surface area contributed by atoms with Crippen molar-refractivity contribution in [2.24, 2.45) is 5.92 Å². The highest BCUT2D eigenvalue weighted by atomic mass is 16.2. The first-order valence-corrected chi connectivity index (χ1v) is 9.92. The number of hydrogen-bond donors (Lipinski definition) is 1. The Balaban J connectivity index is 1.48. The molecule has 2 aliphatic heterocycles. The van der Waals surface area contributed by atoms with Crippen LogP contribution in [0.1, 0.15) is 37.9 Å². The van der Waals surface area contributed by atoms with Gasteiger partial charge in [0.1, 0.15) is 11.9 Å². The average Bonchev–Trinajstić information content (AvgIpc) is 3.45. The molecule has 2 fully saturated rings. The van der Waals surface area contributed by atoms with Crippen molar-refractivity contribution >= 4 is 22.7 Å². The van der Waals surface area contributed by atoms with Gasteiger partial charge in [-0.3, -0.25) is 4.40 Å². The Bertz CT molecular complexity index is 1080. The summed E-state index contributed by atoms with van der Waals surface area (Å²) in [5.74, 6) is 1.54. The standard InChI is InChI=1S/C20H23N7O/c1-13-5-8-25(20(28)26-7-2-3-14(26)9-21)12-16(13)19-24-11-15-10-23-18-17(27(15)19)4-6-22-18/h4,6,10-11,13-14,16,22H,2-3,5,7-8,12H2,1H3/t13-,14?,16+/m1/s1. The smallest absolute Gasteiger partial charge is 0.321 e. The summed E-state index contributed by atoms with van der Waals surface area (Å²) >= 11 is 0. The Labute approximate surface area is 162 Å². The molecule has 8 heteroatoms. The number of likely N-dealkylation sites (tertiary alicyclic amines) is 2. The molecule has 0 bridgehead atoms. The number of aromatic amines is 1. The second-order valence-corrected chi connectivity index (χ2v) is 7.93. The fraction of sp³-hybridized carbons (Fsp3) is 0.500. The van der Waals surface area contributed by atoms with Gasteiger partial charge in [-0.15, -0.1) is 0 Å². The molecule has 0 aliphatic carbocycles. The van der Waals surface area contributed by atoms with Crippen molar-refractivity contribution in [2.75, 3.05) is 19.6 Å². The summed E-state index contributed by atoms with van der Waals surface area (Å²) in [6.07, 6.45) is 8.18. The minimum absolute atomic E-state index is 0.00438. The van der Waals surface area contributed by atoms with Crippen molar-refractivity contribution in [3.63, 3.8) is 0 Å². The summed E-state index contributed by atoms with van der Waals surface area (Å²) in [5.41, 5.74) is 2.80. The topological polar surface area (TPSA) is 93.3 Å². The zero-order valence-electron chi connectivity index (χ0n) is 15.9. The number of hydrogen-bond acceptors (Lipinski definition) is 4. The Morgan fingerprint density at radius 2 is 2.14 bits per heavy atom. The van der Waals surface area contributed by atoms with E-state index in [2.05, 4.69) is 27.4 Å². The summed E-state index contributed by atoms with van der Waals surface area (Å²) < 4.78 is 2.15. The average molecular weight is 377 g/mol. The molecule has 0 aromatic carbocycles. The van der Waals surface area contributed by atoms with Gasteiger partial charge in [-0.2, -0.15) is 5.26 Å². The first kappa shape index (κ1) is 17.0. The van der Waals surface area contributed by atoms with Gasteiger partial charge in [0.15, 0.2) is 5.65 Å². The largest absolute Gasteiger partial charge is 0.345 e. The van der Waals surface area contributed by atoms with Gasteiger partial charge in [0, 0.05) is 31.7 Å². The van der Waals surface area contributed by atoms with Gasteiger partial charge in [-0.25, -0.2) is 14.8 Å². The van der Waals surface area contributed by atoms with Crippen molar-refractivity contribution < 1.29 is 4.79 Å². The number of nitriles is 1. The molecule has 8 nitrogen and oxygen atoms in total. The lowest BCUT2D eigenvalue weighted by molar-refractivity contribution is 0.126. The van der Waals surface area contributed by atoms with E-state index in [9.17, 15) is 10.1 Å². The van der Waals surface area contributed by atoms with Crippen LogP contribution in [0, 0.1) is 17.2 Å². The first-order valence-electron chi connectivity index (χ1n) is 9.92. The third-order valence-electron chi connectivity index (χ3n) is 6.30. The molecule has 3 atom stereocenters. The summed E-state index contributed by atoms with van der Waals surface area (Å²) in [6.45, 7) is 4.27. The lowest BCUT2D eigenvalue weighted by atomic mass is 9.86. The van der Waals surface area contributed by atoms with E-state index in [-0.39, 0.29) is 18.0 Å². The second-order valence-electron chi connectivity index (χ2n) is 7.93. The number of nitrogens with one attached hydrogen (secondary N) is 1. The highest BCUT2D eigenvalue weighted by Gasteiger charge is 2.37. The highest BCUT2D eigenvalue weighted by molar-refractivity contribution is 5.76. The number of imidazole rings is 1. The zero-order valence-corrected chi connectivity index (χ0v) is 15.9. The van der Waals surface area contributed by atoms with Gasteiger partial charge in [0.05, 0.1) is 29.5 Å². The molecular weight excluding hydrogens is 354 g/mol. The first-order chi connectivity index (χ1) is 13.7. The monoisotopic (exact) mass is 377 g/mol. The number of carbonyl (C=O) groups is 1. The quantitative estimate of drug-likeness (QED) is 0.706. The molecule has 144 valence electrons. The molecule has 5 heterocycles. The maximum Gasteiger partial charge on any atom is 0.321 e.